The number of nitrogens with zero attached hydrogens (tertiary/aromatic N) is 1. The van der Waals surface area contributed by atoms with Crippen LogP contribution in [0.1, 0.15) is 26.3 Å². The van der Waals surface area contributed by atoms with E-state index in [0.29, 0.717) is 25.6 Å². The first-order valence-electron chi connectivity index (χ1n) is 7.30. The second-order valence-electron chi connectivity index (χ2n) is 5.99. The molecule has 3 N–H and O–H groups in total. The first kappa shape index (κ1) is 21.6. The summed E-state index contributed by atoms with van der Waals surface area (Å²) in [5, 5.41) is 9.03. The summed E-state index contributed by atoms with van der Waals surface area (Å²) in [5.41, 5.74) is 0.445. The van der Waals surface area contributed by atoms with Crippen molar-refractivity contribution in [3.63, 3.8) is 0 Å². The summed E-state index contributed by atoms with van der Waals surface area (Å²) in [6.07, 6.45) is 0. The highest BCUT2D eigenvalue weighted by Gasteiger charge is 2.20. The molecule has 0 aliphatic heterocycles. The van der Waals surface area contributed by atoms with Crippen molar-refractivity contribution in [3.05, 3.63) is 35.6 Å². The van der Waals surface area contributed by atoms with Crippen molar-refractivity contribution in [1.82, 2.24) is 16.0 Å². The van der Waals surface area contributed by atoms with E-state index < -0.39 is 5.41 Å². The summed E-state index contributed by atoms with van der Waals surface area (Å²) in [6.45, 7) is 7.16. The van der Waals surface area contributed by atoms with Gasteiger partial charge in [0.1, 0.15) is 5.82 Å². The van der Waals surface area contributed by atoms with Crippen LogP contribution in [-0.4, -0.2) is 32.0 Å². The number of hydrogen-bond acceptors (Lipinski definition) is 2. The lowest BCUT2D eigenvalue weighted by Gasteiger charge is -2.18. The number of aliphatic imine (C=N–C) groups is 1. The second kappa shape index (κ2) is 10.4. The predicted molar refractivity (Wildman–Crippen MR) is 102 cm³/mol. The van der Waals surface area contributed by atoms with Crippen molar-refractivity contribution in [2.75, 3.05) is 20.1 Å². The molecular formula is C16H26FIN4O. The summed E-state index contributed by atoms with van der Waals surface area (Å²) in [6, 6.07) is 6.40. The van der Waals surface area contributed by atoms with Crippen molar-refractivity contribution in [3.8, 4) is 0 Å². The smallest absolute Gasteiger partial charge is 0.225 e. The molecule has 0 fully saturated rings. The molecule has 0 saturated carbocycles. The minimum Gasteiger partial charge on any atom is -0.355 e. The molecule has 1 rings (SSSR count). The number of nitrogens with one attached hydrogen (secondary N) is 3. The highest BCUT2D eigenvalue weighted by Crippen LogP contribution is 2.11. The average Bonchev–Trinajstić information content (AvgIpc) is 2.45. The first-order valence-corrected chi connectivity index (χ1v) is 7.30. The van der Waals surface area contributed by atoms with Gasteiger partial charge in [0.15, 0.2) is 5.96 Å². The minimum atomic E-state index is -0.392. The fourth-order valence-electron chi connectivity index (χ4n) is 1.68. The Morgan fingerprint density at radius 2 is 1.83 bits per heavy atom. The maximum atomic E-state index is 13.1. The van der Waals surface area contributed by atoms with E-state index in [1.807, 2.05) is 26.8 Å². The SMILES string of the molecule is CN=C(NCCNC(=O)C(C)(C)C)NCc1cccc(F)c1.I. The number of halogens is 2. The van der Waals surface area contributed by atoms with Gasteiger partial charge in [-0.15, -0.1) is 24.0 Å². The Kier molecular flexibility index (Phi) is 9.78. The van der Waals surface area contributed by atoms with E-state index in [2.05, 4.69) is 20.9 Å². The summed E-state index contributed by atoms with van der Waals surface area (Å²) in [4.78, 5) is 15.8. The van der Waals surface area contributed by atoms with Gasteiger partial charge in [-0.3, -0.25) is 9.79 Å². The Labute approximate surface area is 154 Å². The van der Waals surface area contributed by atoms with Crippen LogP contribution >= 0.6 is 24.0 Å². The molecule has 5 nitrogen and oxygen atoms in total. The monoisotopic (exact) mass is 436 g/mol. The van der Waals surface area contributed by atoms with Crippen molar-refractivity contribution in [1.29, 1.82) is 0 Å². The fraction of sp³-hybridized carbons (Fsp3) is 0.500. The molecule has 0 saturated heterocycles. The standard InChI is InChI=1S/C16H25FN4O.HI/c1-16(2,3)14(22)19-8-9-20-15(18-4)21-11-12-6-5-7-13(17)10-12;/h5-7,10H,8-9,11H2,1-4H3,(H,19,22)(H2,18,20,21);1H. The van der Waals surface area contributed by atoms with Gasteiger partial charge < -0.3 is 16.0 Å². The van der Waals surface area contributed by atoms with Crippen LogP contribution in [0.3, 0.4) is 0 Å². The molecule has 0 spiro atoms. The van der Waals surface area contributed by atoms with E-state index in [1.54, 1.807) is 13.1 Å². The lowest BCUT2D eigenvalue weighted by atomic mass is 9.96. The lowest BCUT2D eigenvalue weighted by molar-refractivity contribution is -0.128. The highest BCUT2D eigenvalue weighted by molar-refractivity contribution is 14.0. The van der Waals surface area contributed by atoms with Gasteiger partial charge in [-0.25, -0.2) is 4.39 Å². The zero-order valence-corrected chi connectivity index (χ0v) is 16.4. The molecule has 0 aliphatic rings. The molecule has 0 aromatic heterocycles. The molecule has 0 atom stereocenters. The van der Waals surface area contributed by atoms with E-state index in [4.69, 9.17) is 0 Å². The number of carbonyl (C=O) groups is 1. The van der Waals surface area contributed by atoms with Gasteiger partial charge in [0, 0.05) is 32.1 Å². The molecule has 1 aromatic rings. The number of carbonyl (C=O) groups excluding carboxylic acids is 1. The van der Waals surface area contributed by atoms with Gasteiger partial charge in [0.25, 0.3) is 0 Å². The molecular weight excluding hydrogens is 410 g/mol. The number of benzene rings is 1. The predicted octanol–water partition coefficient (Wildman–Crippen LogP) is 2.27. The molecule has 0 bridgehead atoms. The van der Waals surface area contributed by atoms with Crippen LogP contribution in [0.15, 0.2) is 29.3 Å². The molecule has 130 valence electrons. The Bertz CT molecular complexity index is 529. The normalized spacial score (nSPS) is 11.4. The van der Waals surface area contributed by atoms with Gasteiger partial charge in [-0.1, -0.05) is 32.9 Å². The number of amides is 1. The maximum Gasteiger partial charge on any atom is 0.225 e. The minimum absolute atomic E-state index is 0. The molecule has 0 radical (unpaired) electrons. The number of hydrogen-bond donors (Lipinski definition) is 3. The topological polar surface area (TPSA) is 65.5 Å². The molecule has 0 heterocycles. The summed E-state index contributed by atoms with van der Waals surface area (Å²) in [5.74, 6) is 0.360. The van der Waals surface area contributed by atoms with Crippen LogP contribution in [0, 0.1) is 11.2 Å². The Balaban J connectivity index is 0.00000484. The Morgan fingerprint density at radius 3 is 2.39 bits per heavy atom. The van der Waals surface area contributed by atoms with Gasteiger partial charge in [-0.05, 0) is 17.7 Å². The average molecular weight is 436 g/mol. The van der Waals surface area contributed by atoms with E-state index in [0.717, 1.165) is 5.56 Å². The van der Waals surface area contributed by atoms with Crippen molar-refractivity contribution in [2.24, 2.45) is 10.4 Å². The third-order valence-corrected chi connectivity index (χ3v) is 2.96. The molecule has 0 unspecified atom stereocenters. The lowest BCUT2D eigenvalue weighted by Crippen LogP contribution is -2.43. The van der Waals surface area contributed by atoms with Gasteiger partial charge in [0.05, 0.1) is 0 Å². The zero-order valence-electron chi connectivity index (χ0n) is 14.1. The maximum absolute atomic E-state index is 13.1. The van der Waals surface area contributed by atoms with Crippen LogP contribution in [0.4, 0.5) is 4.39 Å². The number of guanidine groups is 1. The van der Waals surface area contributed by atoms with E-state index in [9.17, 15) is 9.18 Å². The fourth-order valence-corrected chi connectivity index (χ4v) is 1.68. The van der Waals surface area contributed by atoms with Crippen molar-refractivity contribution < 1.29 is 9.18 Å². The number of rotatable bonds is 5. The van der Waals surface area contributed by atoms with Crippen molar-refractivity contribution in [2.45, 2.75) is 27.3 Å². The first-order chi connectivity index (χ1) is 10.3. The van der Waals surface area contributed by atoms with Gasteiger partial charge >= 0.3 is 0 Å². The summed E-state index contributed by atoms with van der Waals surface area (Å²) >= 11 is 0. The van der Waals surface area contributed by atoms with E-state index >= 15 is 0 Å². The quantitative estimate of drug-likeness (QED) is 0.287. The molecule has 1 amide bonds. The van der Waals surface area contributed by atoms with Gasteiger partial charge in [-0.2, -0.15) is 0 Å². The molecule has 1 aromatic carbocycles. The van der Waals surface area contributed by atoms with Crippen LogP contribution in [-0.2, 0) is 11.3 Å². The van der Waals surface area contributed by atoms with Crippen LogP contribution in [0.5, 0.6) is 0 Å². The summed E-state index contributed by atoms with van der Waals surface area (Å²) in [7, 11) is 1.66. The van der Waals surface area contributed by atoms with Crippen LogP contribution in [0.25, 0.3) is 0 Å². The Morgan fingerprint density at radius 1 is 1.17 bits per heavy atom. The Hall–Kier alpha value is -1.38. The molecule has 0 aliphatic carbocycles. The zero-order chi connectivity index (χ0) is 16.6. The highest BCUT2D eigenvalue weighted by atomic mass is 127. The molecule has 7 heteroatoms. The third kappa shape index (κ3) is 8.73. The largest absolute Gasteiger partial charge is 0.355 e. The van der Waals surface area contributed by atoms with Crippen LogP contribution < -0.4 is 16.0 Å². The van der Waals surface area contributed by atoms with Crippen molar-refractivity contribution >= 4 is 35.8 Å². The molecule has 23 heavy (non-hydrogen) atoms. The van der Waals surface area contributed by atoms with Crippen LogP contribution in [0.2, 0.25) is 0 Å². The van der Waals surface area contributed by atoms with Gasteiger partial charge in [0.2, 0.25) is 5.91 Å². The van der Waals surface area contributed by atoms with E-state index in [1.165, 1.54) is 12.1 Å². The summed E-state index contributed by atoms with van der Waals surface area (Å²) < 4.78 is 13.1. The van der Waals surface area contributed by atoms with E-state index in [-0.39, 0.29) is 35.7 Å². The third-order valence-electron chi connectivity index (χ3n) is 2.96. The second-order valence-corrected chi connectivity index (χ2v) is 5.99.